The third-order valence-corrected chi connectivity index (χ3v) is 10.2. The standard InChI is InChI=1S/C21H25BrN4O3S3/c1-24(2)10-5-11-25(21-23-16-9-8-15(22)14-18(16)31-21)20(27)17-6-3-12-26(17)32(28,29)19-7-4-13-30-19/h4,7-9,13-14,17H,3,5-6,10-12H2,1-2H3. The zero-order valence-electron chi connectivity index (χ0n) is 17.9. The quantitative estimate of drug-likeness (QED) is 0.414. The number of hydrogen-bond acceptors (Lipinski definition) is 7. The van der Waals surface area contributed by atoms with E-state index in [-0.39, 0.29) is 10.1 Å². The molecule has 0 spiro atoms. The van der Waals surface area contributed by atoms with Crippen molar-refractivity contribution >= 4 is 69.9 Å². The molecule has 1 unspecified atom stereocenters. The first-order valence-electron chi connectivity index (χ1n) is 10.3. The molecule has 1 aliphatic rings. The van der Waals surface area contributed by atoms with Gasteiger partial charge in [0.05, 0.1) is 10.2 Å². The summed E-state index contributed by atoms with van der Waals surface area (Å²) in [5.74, 6) is -0.195. The van der Waals surface area contributed by atoms with Crippen molar-refractivity contribution in [3.05, 3.63) is 40.2 Å². The minimum atomic E-state index is -3.70. The van der Waals surface area contributed by atoms with Crippen LogP contribution in [0.15, 0.2) is 44.4 Å². The molecule has 11 heteroatoms. The molecule has 7 nitrogen and oxygen atoms in total. The summed E-state index contributed by atoms with van der Waals surface area (Å²) in [4.78, 5) is 22.2. The molecule has 3 aromatic rings. The van der Waals surface area contributed by atoms with Crippen LogP contribution in [0.1, 0.15) is 19.3 Å². The highest BCUT2D eigenvalue weighted by atomic mass is 79.9. The van der Waals surface area contributed by atoms with E-state index in [4.69, 9.17) is 4.98 Å². The zero-order chi connectivity index (χ0) is 22.9. The molecule has 1 saturated heterocycles. The smallest absolute Gasteiger partial charge is 0.253 e. The van der Waals surface area contributed by atoms with E-state index in [1.54, 1.807) is 22.4 Å². The molecule has 0 aliphatic carbocycles. The van der Waals surface area contributed by atoms with Crippen LogP contribution in [-0.4, -0.2) is 68.3 Å². The molecule has 1 aromatic carbocycles. The lowest BCUT2D eigenvalue weighted by atomic mass is 10.2. The highest BCUT2D eigenvalue weighted by molar-refractivity contribution is 9.10. The Labute approximate surface area is 204 Å². The van der Waals surface area contributed by atoms with Gasteiger partial charge in [-0.2, -0.15) is 4.31 Å². The monoisotopic (exact) mass is 556 g/mol. The summed E-state index contributed by atoms with van der Waals surface area (Å²) in [6.45, 7) is 1.67. The topological polar surface area (TPSA) is 73.8 Å². The lowest BCUT2D eigenvalue weighted by Gasteiger charge is -2.28. The average molecular weight is 558 g/mol. The first-order chi connectivity index (χ1) is 15.3. The highest BCUT2D eigenvalue weighted by Gasteiger charge is 2.42. The predicted octanol–water partition coefficient (Wildman–Crippen LogP) is 4.26. The van der Waals surface area contributed by atoms with Crippen LogP contribution in [0, 0.1) is 0 Å². The molecule has 1 atom stereocenters. The predicted molar refractivity (Wildman–Crippen MR) is 134 cm³/mol. The lowest BCUT2D eigenvalue weighted by Crippen LogP contribution is -2.48. The molecular formula is C21H25BrN4O3S3. The molecule has 0 radical (unpaired) electrons. The van der Waals surface area contributed by atoms with E-state index in [0.29, 0.717) is 31.1 Å². The Morgan fingerprint density at radius 2 is 2.09 bits per heavy atom. The van der Waals surface area contributed by atoms with Crippen molar-refractivity contribution in [2.45, 2.75) is 29.5 Å². The van der Waals surface area contributed by atoms with Gasteiger partial charge in [0.2, 0.25) is 5.91 Å². The van der Waals surface area contributed by atoms with Gasteiger partial charge in [0.15, 0.2) is 5.13 Å². The molecule has 172 valence electrons. The fourth-order valence-electron chi connectivity index (χ4n) is 3.83. The van der Waals surface area contributed by atoms with Crippen LogP contribution >= 0.6 is 38.6 Å². The van der Waals surface area contributed by atoms with Crippen molar-refractivity contribution in [1.82, 2.24) is 14.2 Å². The number of thiazole rings is 1. The molecule has 1 aliphatic heterocycles. The fourth-order valence-corrected chi connectivity index (χ4v) is 8.15. The van der Waals surface area contributed by atoms with Crippen LogP contribution in [0.2, 0.25) is 0 Å². The number of carbonyl (C=O) groups excluding carboxylic acids is 1. The van der Waals surface area contributed by atoms with Gasteiger partial charge < -0.3 is 4.90 Å². The molecule has 0 N–H and O–H groups in total. The Morgan fingerprint density at radius 3 is 2.81 bits per heavy atom. The molecule has 32 heavy (non-hydrogen) atoms. The highest BCUT2D eigenvalue weighted by Crippen LogP contribution is 2.34. The summed E-state index contributed by atoms with van der Waals surface area (Å²) in [5, 5.41) is 2.36. The van der Waals surface area contributed by atoms with Crippen LogP contribution in [0.3, 0.4) is 0 Å². The van der Waals surface area contributed by atoms with Crippen molar-refractivity contribution in [2.24, 2.45) is 0 Å². The number of halogens is 1. The number of fused-ring (bicyclic) bond motifs is 1. The zero-order valence-corrected chi connectivity index (χ0v) is 21.9. The number of hydrogen-bond donors (Lipinski definition) is 0. The molecule has 1 fully saturated rings. The summed E-state index contributed by atoms with van der Waals surface area (Å²) in [7, 11) is 0.291. The molecule has 3 heterocycles. The second-order valence-corrected chi connectivity index (χ2v) is 13.0. The van der Waals surface area contributed by atoms with Crippen molar-refractivity contribution in [3.8, 4) is 0 Å². The van der Waals surface area contributed by atoms with Gasteiger partial charge in [-0.25, -0.2) is 13.4 Å². The largest absolute Gasteiger partial charge is 0.309 e. The maximum atomic E-state index is 13.8. The van der Waals surface area contributed by atoms with Crippen molar-refractivity contribution < 1.29 is 13.2 Å². The molecule has 2 aromatic heterocycles. The van der Waals surface area contributed by atoms with E-state index in [9.17, 15) is 13.2 Å². The minimum absolute atomic E-state index is 0.195. The number of thiophene rings is 1. The van der Waals surface area contributed by atoms with Gasteiger partial charge in [-0.05, 0) is 69.5 Å². The van der Waals surface area contributed by atoms with Gasteiger partial charge in [0.1, 0.15) is 10.3 Å². The number of benzene rings is 1. The number of sulfonamides is 1. The number of carbonyl (C=O) groups is 1. The first-order valence-corrected chi connectivity index (χ1v) is 14.3. The number of nitrogens with zero attached hydrogens (tertiary/aromatic N) is 4. The number of amides is 1. The Morgan fingerprint density at radius 1 is 1.28 bits per heavy atom. The summed E-state index contributed by atoms with van der Waals surface area (Å²) in [5.41, 5.74) is 0.827. The van der Waals surface area contributed by atoms with E-state index in [0.717, 1.165) is 27.7 Å². The number of aromatic nitrogens is 1. The van der Waals surface area contributed by atoms with Gasteiger partial charge in [0, 0.05) is 17.6 Å². The van der Waals surface area contributed by atoms with Crippen LogP contribution < -0.4 is 4.90 Å². The fraction of sp³-hybridized carbons (Fsp3) is 0.429. The van der Waals surface area contributed by atoms with E-state index in [1.165, 1.54) is 27.0 Å². The van der Waals surface area contributed by atoms with Gasteiger partial charge in [-0.15, -0.1) is 11.3 Å². The normalized spacial score (nSPS) is 17.4. The van der Waals surface area contributed by atoms with E-state index < -0.39 is 16.1 Å². The lowest BCUT2D eigenvalue weighted by molar-refractivity contribution is -0.121. The number of rotatable bonds is 8. The Hall–Kier alpha value is -1.37. The maximum absolute atomic E-state index is 13.8. The minimum Gasteiger partial charge on any atom is -0.309 e. The van der Waals surface area contributed by atoms with Gasteiger partial charge in [-0.3, -0.25) is 9.69 Å². The third-order valence-electron chi connectivity index (χ3n) is 5.37. The molecular weight excluding hydrogens is 532 g/mol. The van der Waals surface area contributed by atoms with Crippen LogP contribution in [0.25, 0.3) is 10.2 Å². The average Bonchev–Trinajstić information content (AvgIpc) is 3.50. The van der Waals surface area contributed by atoms with Crippen molar-refractivity contribution in [1.29, 1.82) is 0 Å². The Balaban J connectivity index is 1.65. The first kappa shape index (κ1) is 23.8. The van der Waals surface area contributed by atoms with Gasteiger partial charge in [0.25, 0.3) is 10.0 Å². The van der Waals surface area contributed by atoms with Crippen LogP contribution in [-0.2, 0) is 14.8 Å². The SMILES string of the molecule is CN(C)CCCN(C(=O)C1CCCN1S(=O)(=O)c1cccs1)c1nc2ccc(Br)cc2s1. The molecule has 1 amide bonds. The third kappa shape index (κ3) is 4.92. The second-order valence-electron chi connectivity index (χ2n) is 7.96. The second kappa shape index (κ2) is 9.86. The Kier molecular flexibility index (Phi) is 7.33. The molecule has 0 bridgehead atoms. The summed E-state index contributed by atoms with van der Waals surface area (Å²) < 4.78 is 30.0. The van der Waals surface area contributed by atoms with Crippen LogP contribution in [0.4, 0.5) is 5.13 Å². The molecule has 0 saturated carbocycles. The van der Waals surface area contributed by atoms with Gasteiger partial charge >= 0.3 is 0 Å². The summed E-state index contributed by atoms with van der Waals surface area (Å²) in [6.07, 6.45) is 1.95. The number of anilines is 1. The van der Waals surface area contributed by atoms with E-state index >= 15 is 0 Å². The summed E-state index contributed by atoms with van der Waals surface area (Å²) in [6, 6.07) is 8.45. The van der Waals surface area contributed by atoms with E-state index in [2.05, 4.69) is 20.8 Å². The van der Waals surface area contributed by atoms with Crippen molar-refractivity contribution in [3.63, 3.8) is 0 Å². The Bertz CT molecular complexity index is 1190. The molecule has 4 rings (SSSR count). The van der Waals surface area contributed by atoms with E-state index in [1.807, 2.05) is 32.3 Å². The van der Waals surface area contributed by atoms with Crippen molar-refractivity contribution in [2.75, 3.05) is 38.6 Å². The van der Waals surface area contributed by atoms with Gasteiger partial charge in [-0.1, -0.05) is 33.3 Å². The van der Waals surface area contributed by atoms with Crippen LogP contribution in [0.5, 0.6) is 0 Å². The maximum Gasteiger partial charge on any atom is 0.253 e. The summed E-state index contributed by atoms with van der Waals surface area (Å²) >= 11 is 6.13.